The maximum absolute atomic E-state index is 13.3. The number of hydrogen-bond acceptors (Lipinski definition) is 4. The van der Waals surface area contributed by atoms with Crippen molar-refractivity contribution in [2.75, 3.05) is 6.61 Å². The fourth-order valence-electron chi connectivity index (χ4n) is 2.06. The Balaban J connectivity index is 2.59. The summed E-state index contributed by atoms with van der Waals surface area (Å²) in [6, 6.07) is 5.23. The molecule has 21 heavy (non-hydrogen) atoms. The van der Waals surface area contributed by atoms with E-state index in [0.29, 0.717) is 18.4 Å². The molecule has 1 N–H and O–H groups in total. The minimum atomic E-state index is -0.479. The summed E-state index contributed by atoms with van der Waals surface area (Å²) in [5.41, 5.74) is 0. The van der Waals surface area contributed by atoms with Crippen LogP contribution in [0.3, 0.4) is 0 Å². The molecule has 4 nitrogen and oxygen atoms in total. The van der Waals surface area contributed by atoms with Crippen molar-refractivity contribution in [3.8, 4) is 17.2 Å². The highest BCUT2D eigenvalue weighted by Crippen LogP contribution is 2.41. The van der Waals surface area contributed by atoms with Crippen molar-refractivity contribution in [3.05, 3.63) is 30.1 Å². The van der Waals surface area contributed by atoms with Crippen molar-refractivity contribution >= 4 is 16.7 Å². The number of ether oxygens (including phenoxy) is 2. The lowest BCUT2D eigenvalue weighted by atomic mass is 10.1. The molecule has 2 rings (SSSR count). The van der Waals surface area contributed by atoms with Gasteiger partial charge >= 0.3 is 5.97 Å². The SMILES string of the molecule is CCCC(=O)Oc1c(OCC)cc(O)c2cc(F)ccc12. The zero-order valence-corrected chi connectivity index (χ0v) is 12.0. The van der Waals surface area contributed by atoms with Gasteiger partial charge in [-0.2, -0.15) is 0 Å². The molecule has 0 saturated heterocycles. The van der Waals surface area contributed by atoms with Gasteiger partial charge in [-0.15, -0.1) is 0 Å². The molecule has 2 aromatic rings. The van der Waals surface area contributed by atoms with Crippen LogP contribution < -0.4 is 9.47 Å². The number of halogens is 1. The zero-order chi connectivity index (χ0) is 15.4. The molecule has 0 unspecified atom stereocenters. The normalized spacial score (nSPS) is 10.6. The van der Waals surface area contributed by atoms with Crippen LogP contribution in [-0.4, -0.2) is 17.7 Å². The van der Waals surface area contributed by atoms with E-state index in [1.54, 1.807) is 6.92 Å². The number of aromatic hydroxyl groups is 1. The number of fused-ring (bicyclic) bond motifs is 1. The fourth-order valence-corrected chi connectivity index (χ4v) is 2.06. The summed E-state index contributed by atoms with van der Waals surface area (Å²) in [7, 11) is 0. The van der Waals surface area contributed by atoms with Crippen LogP contribution in [0.25, 0.3) is 10.8 Å². The van der Waals surface area contributed by atoms with Crippen molar-refractivity contribution < 1.29 is 23.8 Å². The predicted molar refractivity (Wildman–Crippen MR) is 77.3 cm³/mol. The molecule has 0 fully saturated rings. The van der Waals surface area contributed by atoms with E-state index in [9.17, 15) is 14.3 Å². The van der Waals surface area contributed by atoms with E-state index in [2.05, 4.69) is 0 Å². The van der Waals surface area contributed by atoms with E-state index in [1.807, 2.05) is 6.92 Å². The predicted octanol–water partition coefficient (Wildman–Crippen LogP) is 3.79. The van der Waals surface area contributed by atoms with Crippen molar-refractivity contribution in [2.24, 2.45) is 0 Å². The molecule has 0 aromatic heterocycles. The number of phenols is 1. The van der Waals surface area contributed by atoms with E-state index in [4.69, 9.17) is 9.47 Å². The quantitative estimate of drug-likeness (QED) is 0.673. The Morgan fingerprint density at radius 3 is 2.67 bits per heavy atom. The highest BCUT2D eigenvalue weighted by atomic mass is 19.1. The van der Waals surface area contributed by atoms with Gasteiger partial charge in [0.25, 0.3) is 0 Å². The van der Waals surface area contributed by atoms with Gasteiger partial charge in [0.05, 0.1) is 6.61 Å². The summed E-state index contributed by atoms with van der Waals surface area (Å²) in [5.74, 6) is -0.521. The van der Waals surface area contributed by atoms with Crippen molar-refractivity contribution in [2.45, 2.75) is 26.7 Å². The summed E-state index contributed by atoms with van der Waals surface area (Å²) >= 11 is 0. The third-order valence-corrected chi connectivity index (χ3v) is 2.96. The number of carbonyl (C=O) groups is 1. The van der Waals surface area contributed by atoms with Crippen LogP contribution in [0, 0.1) is 5.82 Å². The molecular formula is C16H17FO4. The summed E-state index contributed by atoms with van der Waals surface area (Å²) in [4.78, 5) is 11.8. The lowest BCUT2D eigenvalue weighted by Crippen LogP contribution is -2.09. The van der Waals surface area contributed by atoms with Crippen LogP contribution in [0.15, 0.2) is 24.3 Å². The van der Waals surface area contributed by atoms with Gasteiger partial charge in [0, 0.05) is 23.3 Å². The molecule has 112 valence electrons. The molecule has 0 aliphatic heterocycles. The monoisotopic (exact) mass is 292 g/mol. The maximum atomic E-state index is 13.3. The minimum absolute atomic E-state index is 0.122. The highest BCUT2D eigenvalue weighted by molar-refractivity contribution is 5.97. The first-order chi connectivity index (χ1) is 10.1. The van der Waals surface area contributed by atoms with Gasteiger partial charge in [-0.1, -0.05) is 6.92 Å². The van der Waals surface area contributed by atoms with Crippen molar-refractivity contribution in [1.29, 1.82) is 0 Å². The fraction of sp³-hybridized carbons (Fsp3) is 0.312. The molecule has 0 aliphatic rings. The minimum Gasteiger partial charge on any atom is -0.507 e. The van der Waals surface area contributed by atoms with E-state index in [0.717, 1.165) is 0 Å². The van der Waals surface area contributed by atoms with Gasteiger partial charge in [-0.3, -0.25) is 4.79 Å². The summed E-state index contributed by atoms with van der Waals surface area (Å²) in [6.07, 6.45) is 0.933. The Morgan fingerprint density at radius 2 is 2.00 bits per heavy atom. The van der Waals surface area contributed by atoms with Crippen LogP contribution in [-0.2, 0) is 4.79 Å². The number of benzene rings is 2. The second-order valence-corrected chi connectivity index (χ2v) is 4.57. The maximum Gasteiger partial charge on any atom is 0.311 e. The molecule has 0 aliphatic carbocycles. The van der Waals surface area contributed by atoms with Crippen molar-refractivity contribution in [1.82, 2.24) is 0 Å². The standard InChI is InChI=1S/C16H17FO4/c1-3-5-15(19)21-16-11-7-6-10(17)8-12(11)13(18)9-14(16)20-4-2/h6-9,18H,3-5H2,1-2H3. The number of rotatable bonds is 5. The van der Waals surface area contributed by atoms with Gasteiger partial charge in [-0.05, 0) is 31.5 Å². The third-order valence-electron chi connectivity index (χ3n) is 2.96. The first-order valence-corrected chi connectivity index (χ1v) is 6.85. The van der Waals surface area contributed by atoms with E-state index >= 15 is 0 Å². The third kappa shape index (κ3) is 3.24. The van der Waals surface area contributed by atoms with E-state index in [-0.39, 0.29) is 29.1 Å². The highest BCUT2D eigenvalue weighted by Gasteiger charge is 2.17. The topological polar surface area (TPSA) is 55.8 Å². The van der Waals surface area contributed by atoms with Gasteiger partial charge in [-0.25, -0.2) is 4.39 Å². The summed E-state index contributed by atoms with van der Waals surface area (Å²) in [6.45, 7) is 4.00. The van der Waals surface area contributed by atoms with E-state index in [1.165, 1.54) is 24.3 Å². The second kappa shape index (κ2) is 6.43. The van der Waals surface area contributed by atoms with Crippen LogP contribution in [0.1, 0.15) is 26.7 Å². The number of phenolic OH excluding ortho intramolecular Hbond substituents is 1. The lowest BCUT2D eigenvalue weighted by Gasteiger charge is -2.14. The van der Waals surface area contributed by atoms with E-state index < -0.39 is 11.8 Å². The number of esters is 1. The number of carbonyl (C=O) groups excluding carboxylic acids is 1. The molecule has 0 saturated carbocycles. The smallest absolute Gasteiger partial charge is 0.311 e. The summed E-state index contributed by atoms with van der Waals surface area (Å²) < 4.78 is 24.1. The lowest BCUT2D eigenvalue weighted by molar-refractivity contribution is -0.134. The van der Waals surface area contributed by atoms with Crippen LogP contribution in [0.5, 0.6) is 17.2 Å². The molecule has 0 spiro atoms. The van der Waals surface area contributed by atoms with Gasteiger partial charge in [0.15, 0.2) is 11.5 Å². The second-order valence-electron chi connectivity index (χ2n) is 4.57. The Morgan fingerprint density at radius 1 is 1.24 bits per heavy atom. The molecule has 0 radical (unpaired) electrons. The van der Waals surface area contributed by atoms with Crippen LogP contribution >= 0.6 is 0 Å². The first-order valence-electron chi connectivity index (χ1n) is 6.85. The van der Waals surface area contributed by atoms with Crippen LogP contribution in [0.2, 0.25) is 0 Å². The largest absolute Gasteiger partial charge is 0.507 e. The Bertz CT molecular complexity index is 667. The zero-order valence-electron chi connectivity index (χ0n) is 12.0. The van der Waals surface area contributed by atoms with Gasteiger partial charge < -0.3 is 14.6 Å². The van der Waals surface area contributed by atoms with Crippen LogP contribution in [0.4, 0.5) is 4.39 Å². The average Bonchev–Trinajstić information content (AvgIpc) is 2.44. The number of hydrogen-bond donors (Lipinski definition) is 1. The average molecular weight is 292 g/mol. The Labute approximate surface area is 122 Å². The van der Waals surface area contributed by atoms with Gasteiger partial charge in [0.2, 0.25) is 0 Å². The van der Waals surface area contributed by atoms with Crippen molar-refractivity contribution in [3.63, 3.8) is 0 Å². The Kier molecular flexibility index (Phi) is 4.62. The molecule has 2 aromatic carbocycles. The Hall–Kier alpha value is -2.30. The molecule has 0 amide bonds. The molecule has 5 heteroatoms. The molecular weight excluding hydrogens is 275 g/mol. The molecule has 0 heterocycles. The summed E-state index contributed by atoms with van der Waals surface area (Å²) in [5, 5.41) is 10.7. The van der Waals surface area contributed by atoms with Gasteiger partial charge in [0.1, 0.15) is 11.6 Å². The molecule has 0 bridgehead atoms. The molecule has 0 atom stereocenters. The first kappa shape index (κ1) is 15.1.